The minimum Gasteiger partial charge on any atom is -0.508 e. The second-order valence-corrected chi connectivity index (χ2v) is 9.81. The molecule has 170 valence electrons. The Bertz CT molecular complexity index is 990. The van der Waals surface area contributed by atoms with Crippen molar-refractivity contribution in [3.8, 4) is 11.5 Å². The molecule has 1 saturated carbocycles. The molecule has 1 aliphatic carbocycles. The van der Waals surface area contributed by atoms with Gasteiger partial charge in [0.25, 0.3) is 0 Å². The second-order valence-electron chi connectivity index (χ2n) is 9.81. The third-order valence-corrected chi connectivity index (χ3v) is 6.06. The number of aromatic hydroxyl groups is 1. The van der Waals surface area contributed by atoms with E-state index in [2.05, 4.69) is 5.32 Å². The fourth-order valence-electron chi connectivity index (χ4n) is 4.51. The number of carbonyl (C=O) groups is 2. The Morgan fingerprint density at radius 1 is 1.09 bits per heavy atom. The number of urea groups is 1. The number of benzene rings is 2. The van der Waals surface area contributed by atoms with Crippen molar-refractivity contribution < 1.29 is 24.2 Å². The first-order valence-corrected chi connectivity index (χ1v) is 10.9. The lowest BCUT2D eigenvalue weighted by molar-refractivity contribution is -0.0118. The van der Waals surface area contributed by atoms with Crippen LogP contribution >= 0.6 is 0 Å². The fourth-order valence-corrected chi connectivity index (χ4v) is 4.51. The zero-order chi connectivity index (χ0) is 23.1. The quantitative estimate of drug-likeness (QED) is 0.673. The van der Waals surface area contributed by atoms with Crippen molar-refractivity contribution in [2.45, 2.75) is 70.2 Å². The Kier molecular flexibility index (Phi) is 5.53. The molecule has 7 heteroatoms. The molecule has 0 aromatic heterocycles. The highest BCUT2D eigenvalue weighted by Crippen LogP contribution is 2.42. The van der Waals surface area contributed by atoms with Crippen molar-refractivity contribution in [1.29, 1.82) is 0 Å². The average Bonchev–Trinajstić information content (AvgIpc) is 2.72. The first-order valence-electron chi connectivity index (χ1n) is 10.9. The standard InChI is InChI=1S/C25H30N2O5/c1-24(2,3)32-23(30)26-22(29)27-18-13-21(14-18)31-20-11-5-16(6-12-20)15-25(27,4)17-7-9-19(28)10-8-17/h5-12,18,21,28H,13-15H2,1-4H3,(H,26,29,30). The number of imide groups is 1. The summed E-state index contributed by atoms with van der Waals surface area (Å²) in [6.07, 6.45) is 1.08. The van der Waals surface area contributed by atoms with E-state index < -0.39 is 23.3 Å². The first-order chi connectivity index (χ1) is 15.0. The number of nitrogens with zero attached hydrogens (tertiary/aromatic N) is 1. The Hall–Kier alpha value is -3.22. The van der Waals surface area contributed by atoms with Crippen molar-refractivity contribution in [1.82, 2.24) is 10.2 Å². The lowest BCUT2D eigenvalue weighted by atomic mass is 9.79. The first kappa shape index (κ1) is 22.0. The molecular weight excluding hydrogens is 408 g/mol. The Labute approximate surface area is 188 Å². The maximum Gasteiger partial charge on any atom is 0.415 e. The molecule has 5 aliphatic rings. The van der Waals surface area contributed by atoms with Crippen LogP contribution in [0.25, 0.3) is 0 Å². The van der Waals surface area contributed by atoms with Crippen molar-refractivity contribution >= 4 is 12.1 Å². The molecule has 0 saturated heterocycles. The highest BCUT2D eigenvalue weighted by molar-refractivity contribution is 5.91. The average molecular weight is 439 g/mol. The zero-order valence-corrected chi connectivity index (χ0v) is 18.9. The van der Waals surface area contributed by atoms with E-state index in [1.54, 1.807) is 37.8 Å². The summed E-state index contributed by atoms with van der Waals surface area (Å²) in [5.74, 6) is 0.968. The van der Waals surface area contributed by atoms with E-state index in [1.165, 1.54) is 0 Å². The smallest absolute Gasteiger partial charge is 0.415 e. The lowest BCUT2D eigenvalue weighted by Crippen LogP contribution is -2.62. The summed E-state index contributed by atoms with van der Waals surface area (Å²) in [6.45, 7) is 7.25. The Balaban J connectivity index is 1.74. The molecule has 0 spiro atoms. The normalized spacial score (nSPS) is 24.6. The van der Waals surface area contributed by atoms with Gasteiger partial charge in [-0.2, -0.15) is 0 Å². The Morgan fingerprint density at radius 3 is 2.31 bits per heavy atom. The van der Waals surface area contributed by atoms with Gasteiger partial charge in [0.15, 0.2) is 0 Å². The predicted octanol–water partition coefficient (Wildman–Crippen LogP) is 4.72. The van der Waals surface area contributed by atoms with E-state index in [-0.39, 0.29) is 17.9 Å². The molecule has 2 aromatic carbocycles. The molecule has 0 radical (unpaired) electrons. The van der Waals surface area contributed by atoms with Crippen molar-refractivity contribution in [2.75, 3.05) is 0 Å². The van der Waals surface area contributed by atoms with E-state index in [9.17, 15) is 14.7 Å². The van der Waals surface area contributed by atoms with Crippen molar-refractivity contribution in [3.63, 3.8) is 0 Å². The van der Waals surface area contributed by atoms with Gasteiger partial charge >= 0.3 is 12.1 Å². The van der Waals surface area contributed by atoms with Gasteiger partial charge in [0.05, 0.1) is 5.54 Å². The number of ether oxygens (including phenoxy) is 2. The van der Waals surface area contributed by atoms with E-state index >= 15 is 0 Å². The monoisotopic (exact) mass is 438 g/mol. The van der Waals surface area contributed by atoms with Crippen LogP contribution in [0.5, 0.6) is 11.5 Å². The highest BCUT2D eigenvalue weighted by atomic mass is 16.6. The van der Waals surface area contributed by atoms with Crippen LogP contribution in [0, 0.1) is 0 Å². The number of hydrogen-bond donors (Lipinski definition) is 2. The largest absolute Gasteiger partial charge is 0.508 e. The maximum atomic E-state index is 13.5. The number of rotatable bonds is 1. The van der Waals surface area contributed by atoms with Crippen LogP contribution in [-0.2, 0) is 16.7 Å². The number of phenolic OH excluding ortho intramolecular Hbond substituents is 1. The topological polar surface area (TPSA) is 88.1 Å². The molecule has 7 nitrogen and oxygen atoms in total. The number of carbonyl (C=O) groups excluding carboxylic acids is 2. The molecule has 2 N–H and O–H groups in total. The summed E-state index contributed by atoms with van der Waals surface area (Å²) in [4.78, 5) is 27.7. The number of phenols is 1. The molecule has 32 heavy (non-hydrogen) atoms. The number of amides is 3. The maximum absolute atomic E-state index is 13.5. The summed E-state index contributed by atoms with van der Waals surface area (Å²) in [6, 6.07) is 14.2. The summed E-state index contributed by atoms with van der Waals surface area (Å²) in [7, 11) is 0. The van der Waals surface area contributed by atoms with Crippen LogP contribution in [0.4, 0.5) is 9.59 Å². The third kappa shape index (κ3) is 4.52. The summed E-state index contributed by atoms with van der Waals surface area (Å²) < 4.78 is 11.4. The summed E-state index contributed by atoms with van der Waals surface area (Å²) in [5.41, 5.74) is 0.399. The summed E-state index contributed by atoms with van der Waals surface area (Å²) >= 11 is 0. The second kappa shape index (κ2) is 8.04. The van der Waals surface area contributed by atoms with Gasteiger partial charge in [-0.25, -0.2) is 14.9 Å². The fraction of sp³-hybridized carbons (Fsp3) is 0.440. The minimum atomic E-state index is -0.777. The highest BCUT2D eigenvalue weighted by Gasteiger charge is 2.48. The van der Waals surface area contributed by atoms with Crippen LogP contribution in [0.2, 0.25) is 0 Å². The van der Waals surface area contributed by atoms with E-state index in [0.717, 1.165) is 16.9 Å². The van der Waals surface area contributed by atoms with Crippen LogP contribution in [0.3, 0.4) is 0 Å². The van der Waals surface area contributed by atoms with Gasteiger partial charge in [0, 0.05) is 18.9 Å². The van der Waals surface area contributed by atoms with Gasteiger partial charge < -0.3 is 19.5 Å². The van der Waals surface area contributed by atoms with Gasteiger partial charge in [0.2, 0.25) is 0 Å². The van der Waals surface area contributed by atoms with Gasteiger partial charge in [-0.05, 0) is 69.5 Å². The number of hydrogen-bond acceptors (Lipinski definition) is 5. The van der Waals surface area contributed by atoms with E-state index in [0.29, 0.717) is 19.3 Å². The Morgan fingerprint density at radius 2 is 1.72 bits per heavy atom. The minimum absolute atomic E-state index is 0.00449. The van der Waals surface area contributed by atoms with Crippen LogP contribution in [0.1, 0.15) is 51.7 Å². The lowest BCUT2D eigenvalue weighted by Gasteiger charge is -2.50. The molecular formula is C25H30N2O5. The molecule has 1 fully saturated rings. The van der Waals surface area contributed by atoms with E-state index in [4.69, 9.17) is 9.47 Å². The summed E-state index contributed by atoms with van der Waals surface area (Å²) in [5, 5.41) is 12.3. The van der Waals surface area contributed by atoms with Crippen molar-refractivity contribution in [3.05, 3.63) is 59.7 Å². The molecule has 7 rings (SSSR count). The van der Waals surface area contributed by atoms with Crippen LogP contribution in [-0.4, -0.2) is 39.9 Å². The number of nitrogens with one attached hydrogen (secondary N) is 1. The third-order valence-electron chi connectivity index (χ3n) is 6.06. The molecule has 1 unspecified atom stereocenters. The van der Waals surface area contributed by atoms with Crippen LogP contribution in [0.15, 0.2) is 48.5 Å². The predicted molar refractivity (Wildman–Crippen MR) is 120 cm³/mol. The van der Waals surface area contributed by atoms with Gasteiger partial charge in [0.1, 0.15) is 23.2 Å². The molecule has 4 aliphatic heterocycles. The molecule has 2 aromatic rings. The SMILES string of the molecule is CC(C)(C)OC(=O)NC(=O)N1C2CC(C2)Oc2ccc(cc2)CC1(C)c1ccc(O)cc1. The molecule has 3 amide bonds. The zero-order valence-electron chi connectivity index (χ0n) is 18.9. The van der Waals surface area contributed by atoms with Crippen LogP contribution < -0.4 is 10.1 Å². The van der Waals surface area contributed by atoms with Gasteiger partial charge in [-0.15, -0.1) is 0 Å². The van der Waals surface area contributed by atoms with Gasteiger partial charge in [-0.1, -0.05) is 24.3 Å². The molecule has 4 bridgehead atoms. The van der Waals surface area contributed by atoms with E-state index in [1.807, 2.05) is 43.3 Å². The molecule has 4 heterocycles. The van der Waals surface area contributed by atoms with Gasteiger partial charge in [-0.3, -0.25) is 0 Å². The molecule has 1 atom stereocenters. The number of alkyl carbamates (subject to hydrolysis) is 1. The van der Waals surface area contributed by atoms with Crippen molar-refractivity contribution in [2.24, 2.45) is 0 Å².